The van der Waals surface area contributed by atoms with Crippen LogP contribution in [0.4, 0.5) is 0 Å². The molecule has 1 heterocycles. The molecule has 1 aromatic rings. The number of aromatic nitrogens is 2. The fourth-order valence-corrected chi connectivity index (χ4v) is 3.02. The summed E-state index contributed by atoms with van der Waals surface area (Å²) in [5.74, 6) is -5.47. The molecule has 4 atom stereocenters. The van der Waals surface area contributed by atoms with Crippen LogP contribution >= 0.6 is 0 Å². The number of H-pyrrole nitrogens is 1. The molecule has 4 unspecified atom stereocenters. The minimum absolute atomic E-state index is 0.0834. The van der Waals surface area contributed by atoms with E-state index in [1.807, 2.05) is 5.32 Å². The van der Waals surface area contributed by atoms with Gasteiger partial charge in [0.2, 0.25) is 17.7 Å². The molecule has 3 amide bonds. The predicted molar refractivity (Wildman–Crippen MR) is 128 cm³/mol. The van der Waals surface area contributed by atoms with Crippen molar-refractivity contribution in [2.45, 2.75) is 56.3 Å². The molecule has 0 fully saturated rings. The number of carboxylic acid groups (broad SMARTS) is 2. The van der Waals surface area contributed by atoms with E-state index in [0.717, 1.165) is 0 Å². The fourth-order valence-electron chi connectivity index (χ4n) is 3.02. The number of aliphatic hydroxyl groups is 1. The SMILES string of the molecule is NC(N)=NCCCC(N)C(=O)NC(Cc1cnc[nH]1)C(=O)NC(CCC(=O)O)C(=O)NC(CO)C(=O)O. The first-order valence-corrected chi connectivity index (χ1v) is 11.2. The molecule has 0 radical (unpaired) electrons. The highest BCUT2D eigenvalue weighted by Crippen LogP contribution is 2.05. The maximum atomic E-state index is 13.1. The number of aliphatic carboxylic acids is 2. The van der Waals surface area contributed by atoms with Gasteiger partial charge in [0.1, 0.15) is 18.1 Å². The van der Waals surface area contributed by atoms with Gasteiger partial charge in [-0.25, -0.2) is 9.78 Å². The number of nitrogens with zero attached hydrogens (tertiary/aromatic N) is 2. The molecule has 17 heteroatoms. The molecule has 0 aromatic carbocycles. The van der Waals surface area contributed by atoms with Gasteiger partial charge in [-0.3, -0.25) is 24.2 Å². The number of aromatic amines is 1. The Labute approximate surface area is 211 Å². The Morgan fingerprint density at radius 2 is 1.59 bits per heavy atom. The molecular weight excluding hydrogens is 494 g/mol. The summed E-state index contributed by atoms with van der Waals surface area (Å²) in [6.45, 7) is -0.687. The molecule has 17 nitrogen and oxygen atoms in total. The number of rotatable bonds is 17. The van der Waals surface area contributed by atoms with E-state index in [2.05, 4.69) is 25.6 Å². The molecule has 0 aliphatic rings. The number of carboxylic acids is 2. The number of amides is 3. The van der Waals surface area contributed by atoms with E-state index in [1.165, 1.54) is 12.5 Å². The zero-order chi connectivity index (χ0) is 28.0. The molecule has 1 aromatic heterocycles. The second-order valence-corrected chi connectivity index (χ2v) is 7.97. The molecule has 13 N–H and O–H groups in total. The molecule has 37 heavy (non-hydrogen) atoms. The number of guanidine groups is 1. The average molecular weight is 528 g/mol. The van der Waals surface area contributed by atoms with Crippen LogP contribution in [0.5, 0.6) is 0 Å². The van der Waals surface area contributed by atoms with Crippen molar-refractivity contribution in [3.63, 3.8) is 0 Å². The van der Waals surface area contributed by atoms with Crippen LogP contribution in [-0.4, -0.2) is 98.2 Å². The van der Waals surface area contributed by atoms with Gasteiger partial charge in [-0.2, -0.15) is 0 Å². The van der Waals surface area contributed by atoms with Crippen molar-refractivity contribution in [3.8, 4) is 0 Å². The standard InChI is InChI=1S/C20H33N9O8/c21-11(2-1-5-25-20(22)23)16(33)28-13(6-10-7-24-9-26-10)18(35)27-12(3-4-15(31)32)17(34)29-14(8-30)19(36)37/h7,9,11-14,30H,1-6,8,21H2,(H,24,26)(H,27,35)(H,28,33)(H,29,34)(H,31,32)(H,36,37)(H4,22,23,25). The third-order valence-electron chi connectivity index (χ3n) is 4.99. The van der Waals surface area contributed by atoms with Gasteiger partial charge in [-0.1, -0.05) is 0 Å². The van der Waals surface area contributed by atoms with Crippen LogP contribution in [0.15, 0.2) is 17.5 Å². The lowest BCUT2D eigenvalue weighted by atomic mass is 10.1. The molecule has 206 valence electrons. The third-order valence-corrected chi connectivity index (χ3v) is 4.99. The molecular formula is C20H33N9O8. The zero-order valence-electron chi connectivity index (χ0n) is 19.9. The Hall–Kier alpha value is -4.25. The van der Waals surface area contributed by atoms with Gasteiger partial charge in [0.15, 0.2) is 5.96 Å². The predicted octanol–water partition coefficient (Wildman–Crippen LogP) is -4.27. The first kappa shape index (κ1) is 30.8. The smallest absolute Gasteiger partial charge is 0.328 e. The van der Waals surface area contributed by atoms with Crippen LogP contribution in [0.25, 0.3) is 0 Å². The number of hydrogen-bond acceptors (Lipinski definition) is 9. The number of nitrogens with two attached hydrogens (primary N) is 3. The van der Waals surface area contributed by atoms with Crippen LogP contribution in [0, 0.1) is 0 Å². The largest absolute Gasteiger partial charge is 0.481 e. The van der Waals surface area contributed by atoms with Gasteiger partial charge in [0, 0.05) is 31.3 Å². The van der Waals surface area contributed by atoms with Crippen molar-refractivity contribution < 1.29 is 39.3 Å². The van der Waals surface area contributed by atoms with Gasteiger partial charge in [0.05, 0.1) is 19.0 Å². The highest BCUT2D eigenvalue weighted by molar-refractivity contribution is 5.94. The number of aliphatic hydroxyl groups excluding tert-OH is 1. The normalized spacial score (nSPS) is 13.9. The van der Waals surface area contributed by atoms with E-state index in [0.29, 0.717) is 12.1 Å². The van der Waals surface area contributed by atoms with Gasteiger partial charge >= 0.3 is 11.9 Å². The van der Waals surface area contributed by atoms with Gasteiger partial charge in [0.25, 0.3) is 0 Å². The van der Waals surface area contributed by atoms with E-state index in [9.17, 15) is 24.0 Å². The van der Waals surface area contributed by atoms with E-state index < -0.39 is 66.9 Å². The van der Waals surface area contributed by atoms with Gasteiger partial charge in [-0.05, 0) is 19.3 Å². The maximum absolute atomic E-state index is 13.1. The van der Waals surface area contributed by atoms with E-state index in [4.69, 9.17) is 32.5 Å². The molecule has 0 aliphatic carbocycles. The maximum Gasteiger partial charge on any atom is 0.328 e. The molecule has 0 spiro atoms. The van der Waals surface area contributed by atoms with Crippen LogP contribution in [0.3, 0.4) is 0 Å². The van der Waals surface area contributed by atoms with Crippen LogP contribution < -0.4 is 33.2 Å². The Bertz CT molecular complexity index is 950. The second-order valence-electron chi connectivity index (χ2n) is 7.97. The molecule has 0 bridgehead atoms. The average Bonchev–Trinajstić information content (AvgIpc) is 3.34. The van der Waals surface area contributed by atoms with E-state index in [1.54, 1.807) is 0 Å². The van der Waals surface area contributed by atoms with E-state index >= 15 is 0 Å². The fraction of sp³-hybridized carbons (Fsp3) is 0.550. The molecule has 1 rings (SSSR count). The summed E-state index contributed by atoms with van der Waals surface area (Å²) in [6, 6.07) is -5.43. The Kier molecular flexibility index (Phi) is 13.0. The number of carbonyl (C=O) groups is 5. The van der Waals surface area contributed by atoms with E-state index in [-0.39, 0.29) is 31.8 Å². The highest BCUT2D eigenvalue weighted by atomic mass is 16.4. The lowest BCUT2D eigenvalue weighted by molar-refractivity contribution is -0.144. The number of aliphatic imine (C=N–C) groups is 1. The van der Waals surface area contributed by atoms with Crippen molar-refractivity contribution >= 4 is 35.6 Å². The van der Waals surface area contributed by atoms with Gasteiger partial charge in [-0.15, -0.1) is 0 Å². The number of carbonyl (C=O) groups excluding carboxylic acids is 3. The van der Waals surface area contributed by atoms with Crippen LogP contribution in [0.2, 0.25) is 0 Å². The minimum atomic E-state index is -1.67. The summed E-state index contributed by atoms with van der Waals surface area (Å²) in [5.41, 5.74) is 16.8. The Balaban J connectivity index is 2.99. The summed E-state index contributed by atoms with van der Waals surface area (Å²) in [4.78, 5) is 70.9. The Morgan fingerprint density at radius 3 is 2.14 bits per heavy atom. The lowest BCUT2D eigenvalue weighted by Gasteiger charge is -2.24. The van der Waals surface area contributed by atoms with Crippen molar-refractivity contribution in [1.82, 2.24) is 25.9 Å². The summed E-state index contributed by atoms with van der Waals surface area (Å²) >= 11 is 0. The van der Waals surface area contributed by atoms with Crippen molar-refractivity contribution in [1.29, 1.82) is 0 Å². The number of nitrogens with one attached hydrogen (secondary N) is 4. The first-order valence-electron chi connectivity index (χ1n) is 11.2. The molecule has 0 aliphatic heterocycles. The molecule has 0 saturated carbocycles. The van der Waals surface area contributed by atoms with Crippen molar-refractivity contribution in [2.24, 2.45) is 22.2 Å². The summed E-state index contributed by atoms with van der Waals surface area (Å²) in [6.07, 6.45) is 2.34. The quantitative estimate of drug-likeness (QED) is 0.0523. The molecule has 0 saturated heterocycles. The topological polar surface area (TPSA) is 301 Å². The lowest BCUT2D eigenvalue weighted by Crippen LogP contribution is -2.58. The summed E-state index contributed by atoms with van der Waals surface area (Å²) in [7, 11) is 0. The summed E-state index contributed by atoms with van der Waals surface area (Å²) < 4.78 is 0. The zero-order valence-corrected chi connectivity index (χ0v) is 19.9. The minimum Gasteiger partial charge on any atom is -0.481 e. The third kappa shape index (κ3) is 11.8. The van der Waals surface area contributed by atoms with Gasteiger partial charge < -0.3 is 53.5 Å². The van der Waals surface area contributed by atoms with Crippen molar-refractivity contribution in [3.05, 3.63) is 18.2 Å². The second kappa shape index (κ2) is 15.7. The Morgan fingerprint density at radius 1 is 0.973 bits per heavy atom. The highest BCUT2D eigenvalue weighted by Gasteiger charge is 2.30. The first-order chi connectivity index (χ1) is 17.4. The van der Waals surface area contributed by atoms with Crippen LogP contribution in [0.1, 0.15) is 31.4 Å². The number of hydrogen-bond donors (Lipinski definition) is 10. The van der Waals surface area contributed by atoms with Crippen molar-refractivity contribution in [2.75, 3.05) is 13.2 Å². The number of imidazole rings is 1. The van der Waals surface area contributed by atoms with Crippen LogP contribution in [-0.2, 0) is 30.4 Å². The summed E-state index contributed by atoms with van der Waals surface area (Å²) in [5, 5.41) is 34.0. The monoisotopic (exact) mass is 527 g/mol.